The Balaban J connectivity index is 1.55. The number of amides is 1. The molecule has 0 atom stereocenters. The van der Waals surface area contributed by atoms with E-state index in [1.807, 2.05) is 25.1 Å². The number of benzene rings is 2. The van der Waals surface area contributed by atoms with Crippen LogP contribution in [-0.4, -0.2) is 36.4 Å². The van der Waals surface area contributed by atoms with E-state index in [0.717, 1.165) is 33.4 Å². The van der Waals surface area contributed by atoms with Gasteiger partial charge in [0.15, 0.2) is 0 Å². The summed E-state index contributed by atoms with van der Waals surface area (Å²) in [6.45, 7) is 2.73. The van der Waals surface area contributed by atoms with Crippen LogP contribution >= 0.6 is 0 Å². The van der Waals surface area contributed by atoms with Gasteiger partial charge >= 0.3 is 0 Å². The Hall–Kier alpha value is -2.73. The number of nitrogens with zero attached hydrogens (tertiary/aromatic N) is 1. The van der Waals surface area contributed by atoms with Gasteiger partial charge in [0.1, 0.15) is 11.3 Å². The summed E-state index contributed by atoms with van der Waals surface area (Å²) in [5.74, 6) is -1.98. The zero-order valence-corrected chi connectivity index (χ0v) is 16.4. The zero-order valence-electron chi connectivity index (χ0n) is 16.4. The van der Waals surface area contributed by atoms with E-state index in [1.54, 1.807) is 12.1 Å². The van der Waals surface area contributed by atoms with Crippen LogP contribution < -0.4 is 5.73 Å². The van der Waals surface area contributed by atoms with E-state index in [0.29, 0.717) is 18.5 Å². The molecule has 2 heterocycles. The molecule has 0 saturated carbocycles. The van der Waals surface area contributed by atoms with E-state index in [9.17, 15) is 13.6 Å². The average molecular weight is 398 g/mol. The monoisotopic (exact) mass is 398 g/mol. The van der Waals surface area contributed by atoms with Gasteiger partial charge in [0.2, 0.25) is 0 Å². The molecule has 1 aliphatic rings. The maximum absolute atomic E-state index is 13.3. The molecule has 29 heavy (non-hydrogen) atoms. The highest BCUT2D eigenvalue weighted by Crippen LogP contribution is 2.31. The molecular weight excluding hydrogens is 374 g/mol. The molecule has 0 spiro atoms. The van der Waals surface area contributed by atoms with Crippen molar-refractivity contribution < 1.29 is 18.0 Å². The summed E-state index contributed by atoms with van der Waals surface area (Å²) in [6, 6.07) is 13.5. The molecule has 152 valence electrons. The number of hydrogen-bond acceptors (Lipinski definition) is 3. The van der Waals surface area contributed by atoms with Gasteiger partial charge in [-0.05, 0) is 60.5 Å². The van der Waals surface area contributed by atoms with E-state index in [2.05, 4.69) is 12.1 Å². The first-order valence-corrected chi connectivity index (χ1v) is 9.87. The molecule has 1 aliphatic heterocycles. The molecule has 0 bridgehead atoms. The largest absolute Gasteiger partial charge is 0.461 e. The fraction of sp³-hybridized carbons (Fsp3) is 0.348. The van der Waals surface area contributed by atoms with Crippen molar-refractivity contribution in [2.75, 3.05) is 19.6 Å². The number of halogens is 2. The van der Waals surface area contributed by atoms with E-state index >= 15 is 0 Å². The number of nitrogens with two attached hydrogens (primary N) is 1. The van der Waals surface area contributed by atoms with E-state index in [1.165, 1.54) is 4.90 Å². The molecule has 2 N–H and O–H groups in total. The summed E-state index contributed by atoms with van der Waals surface area (Å²) in [7, 11) is 0. The first-order valence-electron chi connectivity index (χ1n) is 9.87. The highest BCUT2D eigenvalue weighted by molar-refractivity contribution is 5.95. The molecule has 0 radical (unpaired) electrons. The Morgan fingerprint density at radius 3 is 2.45 bits per heavy atom. The van der Waals surface area contributed by atoms with Crippen LogP contribution in [0.5, 0.6) is 0 Å². The molecule has 0 aliphatic carbocycles. The number of piperidine rings is 1. The van der Waals surface area contributed by atoms with Gasteiger partial charge in [-0.2, -0.15) is 0 Å². The molecule has 4 nitrogen and oxygen atoms in total. The van der Waals surface area contributed by atoms with Crippen molar-refractivity contribution >= 4 is 16.9 Å². The number of hydrogen-bond donors (Lipinski definition) is 1. The molecule has 4 rings (SSSR count). The predicted molar refractivity (Wildman–Crippen MR) is 109 cm³/mol. The number of likely N-dealkylation sites (tertiary alicyclic amines) is 1. The third kappa shape index (κ3) is 4.03. The van der Waals surface area contributed by atoms with Crippen molar-refractivity contribution in [3.63, 3.8) is 0 Å². The van der Waals surface area contributed by atoms with Crippen LogP contribution in [0.25, 0.3) is 22.1 Å². The Labute approximate surface area is 168 Å². The fourth-order valence-corrected chi connectivity index (χ4v) is 3.84. The second-order valence-electron chi connectivity index (χ2n) is 7.69. The predicted octanol–water partition coefficient (Wildman–Crippen LogP) is 4.78. The van der Waals surface area contributed by atoms with Crippen LogP contribution in [0.2, 0.25) is 0 Å². The van der Waals surface area contributed by atoms with Crippen molar-refractivity contribution in [3.05, 3.63) is 59.4 Å². The summed E-state index contributed by atoms with van der Waals surface area (Å²) in [5, 5.41) is 1.03. The maximum Gasteiger partial charge on any atom is 0.253 e. The standard InChI is InChI=1S/C23H24F2N2O2/c1-15-12-18(13-19-14-20(6-9-26)29-21(15)19)16-2-4-17(5-3-16)22(28)27-10-7-23(24,25)8-11-27/h2-5,12-14H,6-11,26H2,1H3. The number of aryl methyl sites for hydroxylation is 1. The Bertz CT molecular complexity index is 1030. The van der Waals surface area contributed by atoms with E-state index in [4.69, 9.17) is 10.2 Å². The fourth-order valence-electron chi connectivity index (χ4n) is 3.84. The smallest absolute Gasteiger partial charge is 0.253 e. The zero-order chi connectivity index (χ0) is 20.6. The van der Waals surface area contributed by atoms with E-state index < -0.39 is 5.92 Å². The molecule has 0 unspecified atom stereocenters. The van der Waals surface area contributed by atoms with Gasteiger partial charge < -0.3 is 15.1 Å². The van der Waals surface area contributed by atoms with Gasteiger partial charge in [-0.3, -0.25) is 4.79 Å². The van der Waals surface area contributed by atoms with E-state index in [-0.39, 0.29) is 31.8 Å². The molecular formula is C23H24F2N2O2. The van der Waals surface area contributed by atoms with Crippen LogP contribution in [0.3, 0.4) is 0 Å². The Kier molecular flexibility index (Phi) is 5.13. The number of rotatable bonds is 4. The number of carbonyl (C=O) groups is 1. The first-order chi connectivity index (χ1) is 13.9. The van der Waals surface area contributed by atoms with Crippen molar-refractivity contribution in [3.8, 4) is 11.1 Å². The van der Waals surface area contributed by atoms with Crippen LogP contribution in [0, 0.1) is 6.92 Å². The normalized spacial score (nSPS) is 16.3. The second-order valence-corrected chi connectivity index (χ2v) is 7.69. The summed E-state index contributed by atoms with van der Waals surface area (Å²) < 4.78 is 32.5. The number of alkyl halides is 2. The molecule has 1 aromatic heterocycles. The third-order valence-electron chi connectivity index (χ3n) is 5.49. The van der Waals surface area contributed by atoms with Gasteiger partial charge in [-0.15, -0.1) is 0 Å². The molecule has 1 fully saturated rings. The summed E-state index contributed by atoms with van der Waals surface area (Å²) in [6.07, 6.45) is 0.155. The average Bonchev–Trinajstić information content (AvgIpc) is 3.11. The molecule has 6 heteroatoms. The lowest BCUT2D eigenvalue weighted by Crippen LogP contribution is -2.42. The lowest BCUT2D eigenvalue weighted by Gasteiger charge is -2.31. The SMILES string of the molecule is Cc1cc(-c2ccc(C(=O)N3CCC(F)(F)CC3)cc2)cc2cc(CCN)oc12. The summed E-state index contributed by atoms with van der Waals surface area (Å²) in [5.41, 5.74) is 10.1. The minimum atomic E-state index is -2.66. The van der Waals surface area contributed by atoms with Gasteiger partial charge in [0.25, 0.3) is 11.8 Å². The minimum Gasteiger partial charge on any atom is -0.461 e. The number of furan rings is 1. The van der Waals surface area contributed by atoms with Gasteiger partial charge in [-0.1, -0.05) is 12.1 Å². The van der Waals surface area contributed by atoms with Crippen molar-refractivity contribution in [1.29, 1.82) is 0 Å². The third-order valence-corrected chi connectivity index (χ3v) is 5.49. The topological polar surface area (TPSA) is 59.5 Å². The number of carbonyl (C=O) groups excluding carboxylic acids is 1. The lowest BCUT2D eigenvalue weighted by molar-refractivity contribution is -0.0494. The summed E-state index contributed by atoms with van der Waals surface area (Å²) in [4.78, 5) is 14.1. The van der Waals surface area contributed by atoms with Crippen LogP contribution in [0.15, 0.2) is 46.9 Å². The molecule has 1 saturated heterocycles. The van der Waals surface area contributed by atoms with Crippen LogP contribution in [-0.2, 0) is 6.42 Å². The highest BCUT2D eigenvalue weighted by atomic mass is 19.3. The molecule has 1 amide bonds. The van der Waals surface area contributed by atoms with Crippen molar-refractivity contribution in [1.82, 2.24) is 4.90 Å². The quantitative estimate of drug-likeness (QED) is 0.688. The van der Waals surface area contributed by atoms with Crippen LogP contribution in [0.1, 0.15) is 34.5 Å². The maximum atomic E-state index is 13.3. The van der Waals surface area contributed by atoms with Crippen molar-refractivity contribution in [2.45, 2.75) is 32.1 Å². The van der Waals surface area contributed by atoms with Crippen LogP contribution in [0.4, 0.5) is 8.78 Å². The Morgan fingerprint density at radius 2 is 1.79 bits per heavy atom. The second kappa shape index (κ2) is 7.59. The lowest BCUT2D eigenvalue weighted by atomic mass is 9.99. The van der Waals surface area contributed by atoms with Gasteiger partial charge in [0, 0.05) is 43.3 Å². The van der Waals surface area contributed by atoms with Gasteiger partial charge in [0.05, 0.1) is 0 Å². The Morgan fingerprint density at radius 1 is 1.10 bits per heavy atom. The summed E-state index contributed by atoms with van der Waals surface area (Å²) >= 11 is 0. The highest BCUT2D eigenvalue weighted by Gasteiger charge is 2.35. The van der Waals surface area contributed by atoms with Gasteiger partial charge in [-0.25, -0.2) is 8.78 Å². The molecule has 3 aromatic rings. The minimum absolute atomic E-state index is 0.0923. The van der Waals surface area contributed by atoms with Crippen molar-refractivity contribution in [2.24, 2.45) is 5.73 Å². The first kappa shape index (κ1) is 19.6. The molecule has 2 aromatic carbocycles. The number of fused-ring (bicyclic) bond motifs is 1.